The Balaban J connectivity index is 2.18. The Kier molecular flexibility index (Phi) is 7.10. The molecule has 0 amide bonds. The maximum atomic E-state index is 8.50. The highest BCUT2D eigenvalue weighted by Crippen LogP contribution is 2.23. The van der Waals surface area contributed by atoms with Gasteiger partial charge in [-0.1, -0.05) is 24.8 Å². The van der Waals surface area contributed by atoms with Crippen LogP contribution in [-0.4, -0.2) is 45.1 Å². The summed E-state index contributed by atoms with van der Waals surface area (Å²) in [6.07, 6.45) is 0.903. The van der Waals surface area contributed by atoms with Crippen molar-refractivity contribution in [1.29, 1.82) is 0 Å². The van der Waals surface area contributed by atoms with Crippen molar-refractivity contribution < 1.29 is 9.47 Å². The summed E-state index contributed by atoms with van der Waals surface area (Å²) in [6.45, 7) is 8.06. The molecule has 2 atom stereocenters. The van der Waals surface area contributed by atoms with Crippen LogP contribution in [0, 0.1) is 0 Å². The monoisotopic (exact) mass is 289 g/mol. The molecule has 1 aliphatic rings. The van der Waals surface area contributed by atoms with Crippen molar-refractivity contribution in [1.82, 2.24) is 0 Å². The molecule has 1 fully saturated rings. The molecule has 1 heterocycles. The van der Waals surface area contributed by atoms with Crippen LogP contribution in [0.5, 0.6) is 0 Å². The molecule has 7 heteroatoms. The molecule has 0 bridgehead atoms. The van der Waals surface area contributed by atoms with Crippen molar-refractivity contribution in [2.75, 3.05) is 24.9 Å². The van der Waals surface area contributed by atoms with E-state index in [0.717, 1.165) is 30.6 Å². The summed E-state index contributed by atoms with van der Waals surface area (Å²) in [6, 6.07) is 1.12. The van der Waals surface area contributed by atoms with E-state index < -0.39 is 8.07 Å². The molecular weight excluding hydrogens is 266 g/mol. The lowest BCUT2D eigenvalue weighted by Crippen LogP contribution is -2.34. The predicted molar refractivity (Wildman–Crippen MR) is 78.7 cm³/mol. The molecule has 0 aromatic carbocycles. The first-order valence-electron chi connectivity index (χ1n) is 6.34. The average Bonchev–Trinajstić information content (AvgIpc) is 2.29. The maximum Gasteiger partial charge on any atom is 0.147 e. The van der Waals surface area contributed by atoms with Crippen molar-refractivity contribution in [2.24, 2.45) is 5.11 Å². The molecular formula is C11H23N3O2SSi. The quantitative estimate of drug-likeness (QED) is 0.180. The standard InChI is InChI=1S/C11H23N3O2SSi/c1-18(2,3)7-5-15-9-16-11-8-17-6-4-10(11)13-14-12/h10-11H,4-9H2,1-3H3/t10-,11-/m0/s1. The minimum absolute atomic E-state index is 0.00605. The summed E-state index contributed by atoms with van der Waals surface area (Å²) in [7, 11) is -1.02. The number of ether oxygens (including phenoxy) is 2. The Labute approximate surface area is 114 Å². The first kappa shape index (κ1) is 15.9. The van der Waals surface area contributed by atoms with E-state index in [9.17, 15) is 0 Å². The van der Waals surface area contributed by atoms with Gasteiger partial charge in [0.2, 0.25) is 0 Å². The summed E-state index contributed by atoms with van der Waals surface area (Å²) >= 11 is 1.84. The van der Waals surface area contributed by atoms with E-state index in [2.05, 4.69) is 29.7 Å². The van der Waals surface area contributed by atoms with Crippen molar-refractivity contribution in [3.8, 4) is 0 Å². The van der Waals surface area contributed by atoms with Gasteiger partial charge in [0.15, 0.2) is 0 Å². The average molecular weight is 289 g/mol. The van der Waals surface area contributed by atoms with E-state index in [4.69, 9.17) is 15.0 Å². The van der Waals surface area contributed by atoms with E-state index in [1.807, 2.05) is 11.8 Å². The van der Waals surface area contributed by atoms with Gasteiger partial charge in [0.25, 0.3) is 0 Å². The van der Waals surface area contributed by atoms with Gasteiger partial charge in [-0.15, -0.1) is 0 Å². The third-order valence-electron chi connectivity index (χ3n) is 2.83. The van der Waals surface area contributed by atoms with Crippen molar-refractivity contribution >= 4 is 19.8 Å². The third-order valence-corrected chi connectivity index (χ3v) is 5.62. The van der Waals surface area contributed by atoms with Gasteiger partial charge in [0.05, 0.1) is 12.1 Å². The molecule has 0 N–H and O–H groups in total. The second-order valence-corrected chi connectivity index (χ2v) is 12.4. The second kappa shape index (κ2) is 8.07. The van der Waals surface area contributed by atoms with Crippen LogP contribution in [-0.2, 0) is 9.47 Å². The van der Waals surface area contributed by atoms with E-state index >= 15 is 0 Å². The number of azide groups is 1. The van der Waals surface area contributed by atoms with Gasteiger partial charge in [0.1, 0.15) is 6.79 Å². The Hall–Kier alpha value is -0.203. The molecule has 18 heavy (non-hydrogen) atoms. The SMILES string of the molecule is C[Si](C)(C)CCOCO[C@H]1CSCC[C@@H]1N=[N+]=[N-]. The molecule has 1 saturated heterocycles. The number of rotatable bonds is 7. The van der Waals surface area contributed by atoms with Gasteiger partial charge in [-0.3, -0.25) is 0 Å². The fourth-order valence-electron chi connectivity index (χ4n) is 1.63. The Bertz CT molecular complexity index is 293. The zero-order valence-corrected chi connectivity index (χ0v) is 13.3. The molecule has 0 aromatic rings. The zero-order chi connectivity index (χ0) is 13.4. The van der Waals surface area contributed by atoms with E-state index in [1.165, 1.54) is 0 Å². The van der Waals surface area contributed by atoms with Crippen LogP contribution in [0.15, 0.2) is 5.11 Å². The molecule has 0 saturated carbocycles. The van der Waals surface area contributed by atoms with Gasteiger partial charge >= 0.3 is 0 Å². The molecule has 104 valence electrons. The predicted octanol–water partition coefficient (Wildman–Crippen LogP) is 3.50. The van der Waals surface area contributed by atoms with Crippen molar-refractivity contribution in [3.63, 3.8) is 0 Å². The van der Waals surface area contributed by atoms with Crippen molar-refractivity contribution in [3.05, 3.63) is 10.4 Å². The molecule has 0 radical (unpaired) electrons. The number of thioether (sulfide) groups is 1. The van der Waals surface area contributed by atoms with Crippen LogP contribution in [0.3, 0.4) is 0 Å². The topological polar surface area (TPSA) is 67.2 Å². The lowest BCUT2D eigenvalue weighted by atomic mass is 10.1. The highest BCUT2D eigenvalue weighted by atomic mass is 32.2. The second-order valence-electron chi connectivity index (χ2n) is 5.68. The minimum atomic E-state index is -1.02. The molecule has 0 aromatic heterocycles. The summed E-state index contributed by atoms with van der Waals surface area (Å²) in [4.78, 5) is 2.89. The lowest BCUT2D eigenvalue weighted by molar-refractivity contribution is -0.0862. The molecule has 0 spiro atoms. The van der Waals surface area contributed by atoms with Crippen LogP contribution < -0.4 is 0 Å². The Morgan fingerprint density at radius 1 is 1.44 bits per heavy atom. The summed E-state index contributed by atoms with van der Waals surface area (Å²) in [5.74, 6) is 1.93. The van der Waals surface area contributed by atoms with Crippen LogP contribution in [0.4, 0.5) is 0 Å². The van der Waals surface area contributed by atoms with Gasteiger partial charge < -0.3 is 9.47 Å². The van der Waals surface area contributed by atoms with Gasteiger partial charge in [0, 0.05) is 25.3 Å². The largest absolute Gasteiger partial charge is 0.356 e. The van der Waals surface area contributed by atoms with Gasteiger partial charge in [-0.05, 0) is 23.7 Å². The molecule has 1 aliphatic heterocycles. The fraction of sp³-hybridized carbons (Fsp3) is 1.00. The minimum Gasteiger partial charge on any atom is -0.356 e. The normalized spacial score (nSPS) is 24.6. The lowest BCUT2D eigenvalue weighted by Gasteiger charge is -2.27. The van der Waals surface area contributed by atoms with Crippen LogP contribution >= 0.6 is 11.8 Å². The summed E-state index contributed by atoms with van der Waals surface area (Å²) in [5, 5.41) is 3.80. The maximum absolute atomic E-state index is 8.50. The smallest absolute Gasteiger partial charge is 0.147 e. The molecule has 1 rings (SSSR count). The summed E-state index contributed by atoms with van der Waals surface area (Å²) in [5.41, 5.74) is 8.50. The fourth-order valence-corrected chi connectivity index (χ4v) is 3.51. The number of nitrogens with zero attached hydrogens (tertiary/aromatic N) is 3. The van der Waals surface area contributed by atoms with Crippen molar-refractivity contribution in [2.45, 2.75) is 44.3 Å². The highest BCUT2D eigenvalue weighted by molar-refractivity contribution is 7.99. The highest BCUT2D eigenvalue weighted by Gasteiger charge is 2.25. The van der Waals surface area contributed by atoms with E-state index in [0.29, 0.717) is 6.79 Å². The van der Waals surface area contributed by atoms with Crippen LogP contribution in [0.1, 0.15) is 6.42 Å². The first-order chi connectivity index (χ1) is 8.53. The van der Waals surface area contributed by atoms with Crippen LogP contribution in [0.25, 0.3) is 10.4 Å². The third kappa shape index (κ3) is 6.66. The van der Waals surface area contributed by atoms with E-state index in [1.54, 1.807) is 0 Å². The molecule has 0 unspecified atom stereocenters. The Morgan fingerprint density at radius 3 is 2.89 bits per heavy atom. The van der Waals surface area contributed by atoms with Crippen LogP contribution in [0.2, 0.25) is 25.7 Å². The first-order valence-corrected chi connectivity index (χ1v) is 11.2. The number of hydrogen-bond acceptors (Lipinski definition) is 4. The molecule has 5 nitrogen and oxygen atoms in total. The van der Waals surface area contributed by atoms with Gasteiger partial charge in [-0.25, -0.2) is 0 Å². The van der Waals surface area contributed by atoms with Gasteiger partial charge in [-0.2, -0.15) is 11.8 Å². The number of hydrogen-bond donors (Lipinski definition) is 0. The zero-order valence-electron chi connectivity index (χ0n) is 11.5. The molecule has 0 aliphatic carbocycles. The van der Waals surface area contributed by atoms with E-state index in [-0.39, 0.29) is 12.1 Å². The Morgan fingerprint density at radius 2 is 2.22 bits per heavy atom. The summed E-state index contributed by atoms with van der Waals surface area (Å²) < 4.78 is 11.2.